The fourth-order valence-corrected chi connectivity index (χ4v) is 5.19. The van der Waals surface area contributed by atoms with Gasteiger partial charge in [-0.05, 0) is 43.5 Å². The lowest BCUT2D eigenvalue weighted by molar-refractivity contribution is 0.0725. The summed E-state index contributed by atoms with van der Waals surface area (Å²) in [6, 6.07) is 6.09. The highest BCUT2D eigenvalue weighted by Gasteiger charge is 2.24. The molecule has 0 spiro atoms. The van der Waals surface area contributed by atoms with Crippen LogP contribution in [0.2, 0.25) is 5.02 Å². The molecule has 1 saturated heterocycles. The van der Waals surface area contributed by atoms with Crippen LogP contribution in [0.3, 0.4) is 0 Å². The summed E-state index contributed by atoms with van der Waals surface area (Å²) in [5.74, 6) is 0.238. The first-order valence-electron chi connectivity index (χ1n) is 8.15. The van der Waals surface area contributed by atoms with Crippen molar-refractivity contribution in [2.24, 2.45) is 0 Å². The van der Waals surface area contributed by atoms with Gasteiger partial charge >= 0.3 is 0 Å². The number of hydrogen-bond donors (Lipinski definition) is 1. The lowest BCUT2D eigenvalue weighted by Gasteiger charge is -2.26. The summed E-state index contributed by atoms with van der Waals surface area (Å²) in [7, 11) is -2.40. The summed E-state index contributed by atoms with van der Waals surface area (Å²) in [6.45, 7) is 1.43. The number of halogens is 1. The lowest BCUT2D eigenvalue weighted by Crippen LogP contribution is -2.35. The molecule has 9 heteroatoms. The van der Waals surface area contributed by atoms with Crippen LogP contribution in [0.15, 0.2) is 33.9 Å². The van der Waals surface area contributed by atoms with E-state index in [9.17, 15) is 13.2 Å². The molecule has 1 aliphatic rings. The summed E-state index contributed by atoms with van der Waals surface area (Å²) < 4.78 is 33.0. The predicted molar refractivity (Wildman–Crippen MR) is 103 cm³/mol. The average molecular weight is 415 g/mol. The SMILES string of the molecule is COc1ccc(Cl)cc1NS(=O)(=O)c1cc(C(=O)N2CCCCC2)cs1. The van der Waals surface area contributed by atoms with Crippen molar-refractivity contribution < 1.29 is 17.9 Å². The van der Waals surface area contributed by atoms with Gasteiger partial charge in [0.1, 0.15) is 9.96 Å². The van der Waals surface area contributed by atoms with E-state index in [-0.39, 0.29) is 15.8 Å². The maximum Gasteiger partial charge on any atom is 0.271 e. The third-order valence-corrected chi connectivity index (χ3v) is 7.18. The summed E-state index contributed by atoms with van der Waals surface area (Å²) in [5.41, 5.74) is 0.646. The first-order valence-corrected chi connectivity index (χ1v) is 10.9. The van der Waals surface area contributed by atoms with Gasteiger partial charge in [0.15, 0.2) is 0 Å². The Morgan fingerprint density at radius 3 is 2.65 bits per heavy atom. The van der Waals surface area contributed by atoms with E-state index in [1.807, 2.05) is 0 Å². The molecule has 0 saturated carbocycles. The Bertz CT molecular complexity index is 905. The van der Waals surface area contributed by atoms with Gasteiger partial charge < -0.3 is 9.64 Å². The maximum atomic E-state index is 12.7. The molecule has 0 aliphatic carbocycles. The molecule has 0 atom stereocenters. The van der Waals surface area contributed by atoms with Crippen LogP contribution >= 0.6 is 22.9 Å². The van der Waals surface area contributed by atoms with Gasteiger partial charge in [0.25, 0.3) is 15.9 Å². The molecular weight excluding hydrogens is 396 g/mol. The van der Waals surface area contributed by atoms with E-state index in [2.05, 4.69) is 4.72 Å². The van der Waals surface area contributed by atoms with E-state index in [4.69, 9.17) is 16.3 Å². The minimum Gasteiger partial charge on any atom is -0.495 e. The van der Waals surface area contributed by atoms with Crippen molar-refractivity contribution in [2.75, 3.05) is 24.9 Å². The predicted octanol–water partition coefficient (Wildman–Crippen LogP) is 3.84. The molecule has 1 aromatic heterocycles. The van der Waals surface area contributed by atoms with Crippen LogP contribution in [0.25, 0.3) is 0 Å². The number of piperidine rings is 1. The quantitative estimate of drug-likeness (QED) is 0.806. The Morgan fingerprint density at radius 1 is 1.23 bits per heavy atom. The molecule has 3 rings (SSSR count). The number of nitrogens with one attached hydrogen (secondary N) is 1. The second kappa shape index (κ2) is 7.85. The highest BCUT2D eigenvalue weighted by atomic mass is 35.5. The number of carbonyl (C=O) groups excluding carboxylic acids is 1. The molecule has 0 bridgehead atoms. The molecule has 0 radical (unpaired) electrons. The topological polar surface area (TPSA) is 75.7 Å². The number of anilines is 1. The fourth-order valence-electron chi connectivity index (χ4n) is 2.80. The molecule has 2 aromatic rings. The van der Waals surface area contributed by atoms with Crippen LogP contribution in [0.4, 0.5) is 5.69 Å². The van der Waals surface area contributed by atoms with E-state index < -0.39 is 10.0 Å². The Balaban J connectivity index is 1.81. The number of rotatable bonds is 5. The Kier molecular flexibility index (Phi) is 5.74. The molecule has 140 valence electrons. The van der Waals surface area contributed by atoms with Gasteiger partial charge in [-0.15, -0.1) is 11.3 Å². The largest absolute Gasteiger partial charge is 0.495 e. The van der Waals surface area contributed by atoms with Crippen LogP contribution in [0.1, 0.15) is 29.6 Å². The third kappa shape index (κ3) is 4.13. The smallest absolute Gasteiger partial charge is 0.271 e. The van der Waals surface area contributed by atoms with Crippen LogP contribution in [0.5, 0.6) is 5.75 Å². The number of thiophene rings is 1. The van der Waals surface area contributed by atoms with Crippen molar-refractivity contribution in [3.63, 3.8) is 0 Å². The van der Waals surface area contributed by atoms with Crippen molar-refractivity contribution in [1.29, 1.82) is 0 Å². The molecule has 1 fully saturated rings. The van der Waals surface area contributed by atoms with Crippen molar-refractivity contribution in [3.8, 4) is 5.75 Å². The molecule has 2 heterocycles. The summed E-state index contributed by atoms with van der Waals surface area (Å²) >= 11 is 6.96. The Hall–Kier alpha value is -1.77. The Labute approximate surface area is 161 Å². The van der Waals surface area contributed by atoms with Gasteiger partial charge in [-0.25, -0.2) is 8.42 Å². The van der Waals surface area contributed by atoms with Crippen LogP contribution in [-0.4, -0.2) is 39.4 Å². The van der Waals surface area contributed by atoms with E-state index in [1.165, 1.54) is 19.2 Å². The summed E-state index contributed by atoms with van der Waals surface area (Å²) in [6.07, 6.45) is 3.09. The molecule has 1 aromatic carbocycles. The van der Waals surface area contributed by atoms with E-state index in [0.29, 0.717) is 29.4 Å². The second-order valence-electron chi connectivity index (χ2n) is 5.96. The molecule has 1 N–H and O–H groups in total. The number of methoxy groups -OCH3 is 1. The average Bonchev–Trinajstić information content (AvgIpc) is 3.13. The lowest BCUT2D eigenvalue weighted by atomic mass is 10.1. The standard InChI is InChI=1S/C17H19ClN2O4S2/c1-24-15-6-5-13(18)10-14(15)19-26(22,23)16-9-12(11-25-16)17(21)20-7-3-2-4-8-20/h5-6,9-11,19H,2-4,7-8H2,1H3. The number of carbonyl (C=O) groups is 1. The van der Waals surface area contributed by atoms with Gasteiger partial charge in [0.2, 0.25) is 0 Å². The van der Waals surface area contributed by atoms with Crippen LogP contribution in [-0.2, 0) is 10.0 Å². The summed E-state index contributed by atoms with van der Waals surface area (Å²) in [5, 5.41) is 1.97. The van der Waals surface area contributed by atoms with Crippen molar-refractivity contribution in [1.82, 2.24) is 4.90 Å². The van der Waals surface area contributed by atoms with E-state index in [1.54, 1.807) is 22.4 Å². The molecule has 1 aliphatic heterocycles. The van der Waals surface area contributed by atoms with Gasteiger partial charge in [0, 0.05) is 23.5 Å². The molecular formula is C17H19ClN2O4S2. The number of benzene rings is 1. The summed E-state index contributed by atoms with van der Waals surface area (Å²) in [4.78, 5) is 14.3. The first kappa shape index (κ1) is 19.0. The number of nitrogens with zero attached hydrogens (tertiary/aromatic N) is 1. The normalized spacial score (nSPS) is 14.9. The second-order valence-corrected chi connectivity index (χ2v) is 9.21. The van der Waals surface area contributed by atoms with Gasteiger partial charge in [-0.3, -0.25) is 9.52 Å². The zero-order chi connectivity index (χ0) is 18.7. The number of hydrogen-bond acceptors (Lipinski definition) is 5. The van der Waals surface area contributed by atoms with Crippen LogP contribution in [0, 0.1) is 0 Å². The van der Waals surface area contributed by atoms with Gasteiger partial charge in [-0.1, -0.05) is 11.6 Å². The molecule has 26 heavy (non-hydrogen) atoms. The zero-order valence-corrected chi connectivity index (χ0v) is 16.6. The fraction of sp³-hybridized carbons (Fsp3) is 0.353. The van der Waals surface area contributed by atoms with Gasteiger partial charge in [0.05, 0.1) is 18.4 Å². The minimum atomic E-state index is -3.85. The zero-order valence-electron chi connectivity index (χ0n) is 14.2. The number of ether oxygens (including phenoxy) is 1. The number of amides is 1. The Morgan fingerprint density at radius 2 is 1.96 bits per heavy atom. The monoisotopic (exact) mass is 414 g/mol. The highest BCUT2D eigenvalue weighted by molar-refractivity contribution is 7.94. The van der Waals surface area contributed by atoms with Crippen molar-refractivity contribution >= 4 is 44.6 Å². The highest BCUT2D eigenvalue weighted by Crippen LogP contribution is 2.31. The minimum absolute atomic E-state index is 0.0693. The van der Waals surface area contributed by atoms with E-state index in [0.717, 1.165) is 30.6 Å². The molecule has 0 unspecified atom stereocenters. The van der Waals surface area contributed by atoms with Crippen LogP contribution < -0.4 is 9.46 Å². The molecule has 6 nitrogen and oxygen atoms in total. The van der Waals surface area contributed by atoms with Gasteiger partial charge in [-0.2, -0.15) is 0 Å². The molecule has 1 amide bonds. The number of likely N-dealkylation sites (tertiary alicyclic amines) is 1. The van der Waals surface area contributed by atoms with Crippen molar-refractivity contribution in [3.05, 3.63) is 40.2 Å². The van der Waals surface area contributed by atoms with E-state index >= 15 is 0 Å². The maximum absolute atomic E-state index is 12.7. The third-order valence-electron chi connectivity index (χ3n) is 4.14. The number of sulfonamides is 1. The first-order chi connectivity index (χ1) is 12.4. The van der Waals surface area contributed by atoms with Crippen molar-refractivity contribution in [2.45, 2.75) is 23.5 Å².